The normalized spacial score (nSPS) is 11.2. The van der Waals surface area contributed by atoms with E-state index in [1.165, 1.54) is 67.1 Å². The second-order valence-electron chi connectivity index (χ2n) is 14.5. The standard InChI is InChI=1S/2C26H24P2.C4H8O3.Au/c2*1-5-13-23(14-6-1)27(24-15-7-2-8-16-24)21-22-28(25-17-9-3-10-18-25)26-19-11-4-12-20-26;1-2-3(5)4(6)7;/h2*1-20H,21-22H2;3,5H,2H2,1H3,(H,6,7);/q;;;+1/p-1. The molecule has 64 heavy (non-hydrogen) atoms. The number of rotatable bonds is 16. The van der Waals surface area contributed by atoms with Gasteiger partial charge < -0.3 is 15.0 Å². The van der Waals surface area contributed by atoms with Gasteiger partial charge in [0.1, 0.15) is 0 Å². The zero-order chi connectivity index (χ0) is 43.9. The molecule has 1 N–H and O–H groups in total. The summed E-state index contributed by atoms with van der Waals surface area (Å²) in [6.45, 7) is 1.57. The van der Waals surface area contributed by atoms with E-state index >= 15 is 0 Å². The summed E-state index contributed by atoms with van der Waals surface area (Å²) in [6.07, 6.45) is 3.75. The molecule has 0 aliphatic rings. The van der Waals surface area contributed by atoms with Crippen LogP contribution in [0.4, 0.5) is 0 Å². The number of carboxylic acid groups (broad SMARTS) is 1. The topological polar surface area (TPSA) is 60.4 Å². The predicted octanol–water partition coefficient (Wildman–Crippen LogP) is 9.01. The van der Waals surface area contributed by atoms with Crippen LogP contribution in [0.3, 0.4) is 0 Å². The number of aliphatic carboxylic acids is 1. The van der Waals surface area contributed by atoms with E-state index < -0.39 is 12.1 Å². The molecule has 8 heteroatoms. The third-order valence-corrected chi connectivity index (χ3v) is 21.1. The summed E-state index contributed by atoms with van der Waals surface area (Å²) in [5.41, 5.74) is 0. The van der Waals surface area contributed by atoms with Crippen molar-refractivity contribution in [3.63, 3.8) is 0 Å². The summed E-state index contributed by atoms with van der Waals surface area (Å²) in [7, 11) is -1.39. The number of hydrogen-bond acceptors (Lipinski definition) is 3. The molecule has 0 aromatic heterocycles. The largest absolute Gasteiger partial charge is 1.00 e. The molecule has 0 fully saturated rings. The van der Waals surface area contributed by atoms with Crippen molar-refractivity contribution >= 4 is 80.1 Å². The Hall–Kier alpha value is -4.35. The molecule has 8 rings (SSSR count). The van der Waals surface area contributed by atoms with E-state index in [2.05, 4.69) is 243 Å². The molecule has 0 amide bonds. The number of carboxylic acids is 1. The smallest absolute Gasteiger partial charge is 0.547 e. The van der Waals surface area contributed by atoms with E-state index in [0.717, 1.165) is 0 Å². The number of hydrogen-bond donors (Lipinski definition) is 1. The van der Waals surface area contributed by atoms with Gasteiger partial charge in [0.15, 0.2) is 0 Å². The Morgan fingerprint density at radius 1 is 0.359 bits per heavy atom. The average molecular weight is 1100 g/mol. The molecule has 1 unspecified atom stereocenters. The van der Waals surface area contributed by atoms with Crippen LogP contribution in [0.15, 0.2) is 243 Å². The fourth-order valence-corrected chi connectivity index (χ4v) is 17.8. The molecule has 0 saturated heterocycles. The van der Waals surface area contributed by atoms with Crippen molar-refractivity contribution in [3.8, 4) is 0 Å². The second kappa shape index (κ2) is 28.5. The summed E-state index contributed by atoms with van der Waals surface area (Å²) in [5, 5.41) is 29.6. The molecule has 8 aromatic rings. The Morgan fingerprint density at radius 2 is 0.500 bits per heavy atom. The van der Waals surface area contributed by atoms with Gasteiger partial charge in [-0.05, 0) is 105 Å². The fraction of sp³-hybridized carbons (Fsp3) is 0.125. The van der Waals surface area contributed by atoms with Gasteiger partial charge in [-0.3, -0.25) is 0 Å². The third-order valence-electron chi connectivity index (χ3n) is 10.3. The Balaban J connectivity index is 0.000000207. The van der Waals surface area contributed by atoms with Gasteiger partial charge in [0.25, 0.3) is 0 Å². The van der Waals surface area contributed by atoms with Gasteiger partial charge in [-0.1, -0.05) is 250 Å². The maximum atomic E-state index is 9.57. The van der Waals surface area contributed by atoms with Crippen molar-refractivity contribution in [3.05, 3.63) is 243 Å². The SMILES string of the molecule is CCC(O)C(=O)[O-].[Au+].c1ccc(P(CCP(c2ccccc2)c2ccccc2)c2ccccc2)cc1.c1ccc(P(CCP(c2ccccc2)c2ccccc2)c2ccccc2)cc1. The minimum Gasteiger partial charge on any atom is -0.547 e. The summed E-state index contributed by atoms with van der Waals surface area (Å²) in [4.78, 5) is 9.57. The zero-order valence-corrected chi connectivity index (χ0v) is 41.8. The van der Waals surface area contributed by atoms with Crippen molar-refractivity contribution in [2.45, 2.75) is 19.4 Å². The molecule has 1 atom stereocenters. The Kier molecular flexibility index (Phi) is 22.6. The molecule has 0 saturated carbocycles. The number of aliphatic hydroxyl groups excluding tert-OH is 1. The summed E-state index contributed by atoms with van der Waals surface area (Å²) in [6, 6.07) is 88.4. The van der Waals surface area contributed by atoms with Crippen LogP contribution < -0.4 is 47.5 Å². The van der Waals surface area contributed by atoms with E-state index in [0.29, 0.717) is 0 Å². The van der Waals surface area contributed by atoms with E-state index in [9.17, 15) is 9.90 Å². The number of carbonyl (C=O) groups is 1. The quantitative estimate of drug-likeness (QED) is 0.0777. The van der Waals surface area contributed by atoms with E-state index in [1.54, 1.807) is 6.92 Å². The van der Waals surface area contributed by atoms with E-state index in [1.807, 2.05) is 0 Å². The zero-order valence-electron chi connectivity index (χ0n) is 36.1. The van der Waals surface area contributed by atoms with Gasteiger partial charge in [0.2, 0.25) is 0 Å². The minimum absolute atomic E-state index is 0. The van der Waals surface area contributed by atoms with Crippen LogP contribution >= 0.6 is 31.7 Å². The van der Waals surface area contributed by atoms with Gasteiger partial charge in [-0.2, -0.15) is 0 Å². The molecule has 0 radical (unpaired) electrons. The number of benzene rings is 8. The fourth-order valence-electron chi connectivity index (χ4n) is 7.06. The molecule has 328 valence electrons. The van der Waals surface area contributed by atoms with Crippen LogP contribution in [0.25, 0.3) is 0 Å². The third kappa shape index (κ3) is 16.0. The van der Waals surface area contributed by atoms with Gasteiger partial charge in [0.05, 0.1) is 12.1 Å². The first-order chi connectivity index (χ1) is 31.0. The Labute approximate surface area is 401 Å². The average Bonchev–Trinajstić information content (AvgIpc) is 3.36. The maximum Gasteiger partial charge on any atom is 1.00 e. The molecule has 0 aliphatic carbocycles. The van der Waals surface area contributed by atoms with E-state index in [-0.39, 0.29) is 60.5 Å². The molecule has 0 heterocycles. The molecule has 8 aromatic carbocycles. The van der Waals surface area contributed by atoms with Crippen LogP contribution in [-0.2, 0) is 27.2 Å². The first-order valence-corrected chi connectivity index (χ1v) is 27.5. The summed E-state index contributed by atoms with van der Waals surface area (Å²) >= 11 is 0. The molecule has 0 aliphatic heterocycles. The molecule has 0 spiro atoms. The second-order valence-corrected chi connectivity index (χ2v) is 23.9. The first-order valence-electron chi connectivity index (χ1n) is 21.4. The monoisotopic (exact) mass is 1100 g/mol. The predicted molar refractivity (Wildman–Crippen MR) is 277 cm³/mol. The first kappa shape index (κ1) is 50.6. The van der Waals surface area contributed by atoms with Gasteiger partial charge in [-0.15, -0.1) is 0 Å². The van der Waals surface area contributed by atoms with Crippen molar-refractivity contribution < 1.29 is 37.4 Å². The van der Waals surface area contributed by atoms with Crippen molar-refractivity contribution in [2.75, 3.05) is 24.6 Å². The van der Waals surface area contributed by atoms with Crippen LogP contribution in [0.5, 0.6) is 0 Å². The van der Waals surface area contributed by atoms with Crippen molar-refractivity contribution in [2.24, 2.45) is 0 Å². The molecular formula is C56H55AuO3P4. The number of aliphatic hydroxyl groups is 1. The summed E-state index contributed by atoms with van der Waals surface area (Å²) in [5.74, 6) is -1.40. The van der Waals surface area contributed by atoms with Crippen LogP contribution in [-0.4, -0.2) is 41.8 Å². The minimum atomic E-state index is -1.40. The van der Waals surface area contributed by atoms with Gasteiger partial charge in [0, 0.05) is 0 Å². The molecule has 0 bridgehead atoms. The van der Waals surface area contributed by atoms with Crippen LogP contribution in [0, 0.1) is 0 Å². The maximum absolute atomic E-state index is 9.57. The Bertz CT molecular complexity index is 1950. The van der Waals surface area contributed by atoms with Crippen molar-refractivity contribution in [1.82, 2.24) is 0 Å². The van der Waals surface area contributed by atoms with Crippen LogP contribution in [0.1, 0.15) is 13.3 Å². The van der Waals surface area contributed by atoms with Crippen LogP contribution in [0.2, 0.25) is 0 Å². The van der Waals surface area contributed by atoms with E-state index in [4.69, 9.17) is 5.11 Å². The number of carbonyl (C=O) groups excluding carboxylic acids is 1. The van der Waals surface area contributed by atoms with Gasteiger partial charge in [-0.25, -0.2) is 0 Å². The van der Waals surface area contributed by atoms with Crippen molar-refractivity contribution in [1.29, 1.82) is 0 Å². The molecular weight excluding hydrogens is 1040 g/mol. The Morgan fingerprint density at radius 3 is 0.594 bits per heavy atom. The van der Waals surface area contributed by atoms with Gasteiger partial charge >= 0.3 is 22.4 Å². The molecule has 3 nitrogen and oxygen atoms in total. The summed E-state index contributed by atoms with van der Waals surface area (Å²) < 4.78 is 0.